The number of rotatable bonds is 3. The highest BCUT2D eigenvalue weighted by molar-refractivity contribution is 5.99. The number of benzene rings is 1. The third kappa shape index (κ3) is 2.47. The second kappa shape index (κ2) is 6.15. The summed E-state index contributed by atoms with van der Waals surface area (Å²) in [6.07, 6.45) is 8.04. The molecule has 0 bridgehead atoms. The van der Waals surface area contributed by atoms with Crippen LogP contribution in [0.1, 0.15) is 40.8 Å². The van der Waals surface area contributed by atoms with E-state index in [0.29, 0.717) is 41.6 Å². The van der Waals surface area contributed by atoms with Crippen LogP contribution in [-0.2, 0) is 6.54 Å². The van der Waals surface area contributed by atoms with Gasteiger partial charge in [0.25, 0.3) is 11.8 Å². The maximum absolute atomic E-state index is 13.1. The highest BCUT2D eigenvalue weighted by Gasteiger charge is 2.29. The zero-order valence-electron chi connectivity index (χ0n) is 14.6. The van der Waals surface area contributed by atoms with Gasteiger partial charge in [-0.05, 0) is 31.5 Å². The third-order valence-corrected chi connectivity index (χ3v) is 4.37. The van der Waals surface area contributed by atoms with E-state index >= 15 is 0 Å². The molecule has 4 rings (SSSR count). The van der Waals surface area contributed by atoms with Crippen LogP contribution >= 0.6 is 0 Å². The summed E-state index contributed by atoms with van der Waals surface area (Å²) in [5, 5.41) is 3.84. The lowest BCUT2D eigenvalue weighted by Gasteiger charge is -2.20. The van der Waals surface area contributed by atoms with Crippen molar-refractivity contribution in [3.8, 4) is 29.6 Å². The molecule has 1 aliphatic rings. The van der Waals surface area contributed by atoms with Crippen molar-refractivity contribution in [1.29, 1.82) is 0 Å². The van der Waals surface area contributed by atoms with Gasteiger partial charge >= 0.3 is 0 Å². The standard InChI is InChI=1S/C19H17N5O2/c1-4-8-23-10-16-17(18-21-12(3)22-26-18)20-11-24(16)15-7-6-13(5-2)9-14(15)19(23)25/h2,6-7,9,11H,4,8,10H2,1,3H3. The quantitative estimate of drug-likeness (QED) is 0.681. The van der Waals surface area contributed by atoms with Crippen LogP contribution in [0, 0.1) is 19.3 Å². The van der Waals surface area contributed by atoms with E-state index in [9.17, 15) is 4.79 Å². The summed E-state index contributed by atoms with van der Waals surface area (Å²) < 4.78 is 7.20. The Kier molecular flexibility index (Phi) is 3.81. The smallest absolute Gasteiger partial charge is 0.278 e. The molecule has 0 saturated heterocycles. The molecule has 0 fully saturated rings. The number of hydrogen-bond donors (Lipinski definition) is 0. The van der Waals surface area contributed by atoms with E-state index in [2.05, 4.69) is 21.0 Å². The van der Waals surface area contributed by atoms with Crippen molar-refractivity contribution in [3.63, 3.8) is 0 Å². The Morgan fingerprint density at radius 1 is 1.38 bits per heavy atom. The van der Waals surface area contributed by atoms with Crippen LogP contribution < -0.4 is 0 Å². The molecular weight excluding hydrogens is 330 g/mol. The minimum absolute atomic E-state index is 0.0460. The number of fused-ring (bicyclic) bond motifs is 3. The Morgan fingerprint density at radius 2 is 2.23 bits per heavy atom. The van der Waals surface area contributed by atoms with Crippen molar-refractivity contribution < 1.29 is 9.32 Å². The molecule has 26 heavy (non-hydrogen) atoms. The van der Waals surface area contributed by atoms with E-state index < -0.39 is 0 Å². The molecule has 2 aromatic heterocycles. The van der Waals surface area contributed by atoms with Crippen molar-refractivity contribution in [1.82, 2.24) is 24.6 Å². The molecule has 0 radical (unpaired) electrons. The Morgan fingerprint density at radius 3 is 2.92 bits per heavy atom. The largest absolute Gasteiger partial charge is 0.333 e. The predicted molar refractivity (Wildman–Crippen MR) is 94.6 cm³/mol. The number of carbonyl (C=O) groups is 1. The fourth-order valence-corrected chi connectivity index (χ4v) is 3.18. The molecule has 7 heteroatoms. The number of aryl methyl sites for hydroxylation is 1. The van der Waals surface area contributed by atoms with Crippen molar-refractivity contribution in [2.24, 2.45) is 0 Å². The molecule has 0 saturated carbocycles. The number of amides is 1. The van der Waals surface area contributed by atoms with Crippen molar-refractivity contribution >= 4 is 5.91 Å². The molecule has 0 atom stereocenters. The van der Waals surface area contributed by atoms with E-state index in [-0.39, 0.29) is 5.91 Å². The van der Waals surface area contributed by atoms with Gasteiger partial charge in [-0.3, -0.25) is 9.36 Å². The lowest BCUT2D eigenvalue weighted by atomic mass is 10.1. The zero-order chi connectivity index (χ0) is 18.3. The number of imidazole rings is 1. The maximum Gasteiger partial charge on any atom is 0.278 e. The van der Waals surface area contributed by atoms with E-state index in [1.165, 1.54) is 0 Å². The van der Waals surface area contributed by atoms with Gasteiger partial charge in [0.05, 0.1) is 23.5 Å². The molecule has 1 aliphatic heterocycles. The number of hydrogen-bond acceptors (Lipinski definition) is 5. The highest BCUT2D eigenvalue weighted by atomic mass is 16.5. The first-order valence-corrected chi connectivity index (χ1v) is 8.39. The first-order chi connectivity index (χ1) is 12.6. The van der Waals surface area contributed by atoms with Gasteiger partial charge in [0, 0.05) is 12.1 Å². The topological polar surface area (TPSA) is 77.1 Å². The summed E-state index contributed by atoms with van der Waals surface area (Å²) in [6, 6.07) is 5.43. The highest BCUT2D eigenvalue weighted by Crippen LogP contribution is 2.30. The third-order valence-electron chi connectivity index (χ3n) is 4.37. The average Bonchev–Trinajstić information content (AvgIpc) is 3.23. The Bertz CT molecular complexity index is 1040. The SMILES string of the molecule is C#Cc1ccc2c(c1)C(=O)N(CCC)Cc1c(-c3nc(C)no3)ncn1-2. The zero-order valence-corrected chi connectivity index (χ0v) is 14.6. The average molecular weight is 347 g/mol. The van der Waals surface area contributed by atoms with Crippen LogP contribution in [-0.4, -0.2) is 37.0 Å². The summed E-state index contributed by atoms with van der Waals surface area (Å²) in [5.41, 5.74) is 3.41. The van der Waals surface area contributed by atoms with Gasteiger partial charge in [0.15, 0.2) is 11.5 Å². The molecule has 3 heterocycles. The molecule has 130 valence electrons. The van der Waals surface area contributed by atoms with Gasteiger partial charge in [0.2, 0.25) is 0 Å². The van der Waals surface area contributed by atoms with Crippen LogP contribution in [0.3, 0.4) is 0 Å². The Balaban J connectivity index is 1.94. The molecule has 1 aromatic carbocycles. The molecule has 0 aliphatic carbocycles. The van der Waals surface area contributed by atoms with E-state index in [1.54, 1.807) is 24.2 Å². The molecule has 7 nitrogen and oxygen atoms in total. The predicted octanol–water partition coefficient (Wildman–Crippen LogP) is 2.58. The molecule has 3 aromatic rings. The minimum Gasteiger partial charge on any atom is -0.333 e. The molecule has 1 amide bonds. The minimum atomic E-state index is -0.0460. The van der Waals surface area contributed by atoms with Gasteiger partial charge in [-0.25, -0.2) is 4.98 Å². The fraction of sp³-hybridized carbons (Fsp3) is 0.263. The summed E-state index contributed by atoms with van der Waals surface area (Å²) in [4.78, 5) is 23.6. The summed E-state index contributed by atoms with van der Waals surface area (Å²) in [6.45, 7) is 4.83. The fourth-order valence-electron chi connectivity index (χ4n) is 3.18. The molecular formula is C19H17N5O2. The van der Waals surface area contributed by atoms with Gasteiger partial charge < -0.3 is 9.42 Å². The van der Waals surface area contributed by atoms with Gasteiger partial charge in [0.1, 0.15) is 6.33 Å². The van der Waals surface area contributed by atoms with Gasteiger partial charge in [-0.1, -0.05) is 18.0 Å². The van der Waals surface area contributed by atoms with Gasteiger partial charge in [-0.2, -0.15) is 4.98 Å². The summed E-state index contributed by atoms with van der Waals surface area (Å²) in [7, 11) is 0. The van der Waals surface area contributed by atoms with Crippen LogP contribution in [0.2, 0.25) is 0 Å². The second-order valence-electron chi connectivity index (χ2n) is 6.16. The van der Waals surface area contributed by atoms with Crippen LogP contribution in [0.25, 0.3) is 17.3 Å². The first kappa shape index (κ1) is 16.1. The van der Waals surface area contributed by atoms with Gasteiger partial charge in [-0.15, -0.1) is 6.42 Å². The molecule has 0 N–H and O–H groups in total. The Labute approximate surface area is 150 Å². The maximum atomic E-state index is 13.1. The number of carbonyl (C=O) groups excluding carboxylic acids is 1. The van der Waals surface area contributed by atoms with Crippen LogP contribution in [0.4, 0.5) is 0 Å². The van der Waals surface area contributed by atoms with E-state index in [4.69, 9.17) is 10.9 Å². The summed E-state index contributed by atoms with van der Waals surface area (Å²) >= 11 is 0. The van der Waals surface area contributed by atoms with Crippen molar-refractivity contribution in [2.45, 2.75) is 26.8 Å². The van der Waals surface area contributed by atoms with E-state index in [0.717, 1.165) is 17.8 Å². The van der Waals surface area contributed by atoms with Crippen molar-refractivity contribution in [2.75, 3.05) is 6.54 Å². The molecule has 0 unspecified atom stereocenters. The van der Waals surface area contributed by atoms with Crippen LogP contribution in [0.15, 0.2) is 29.0 Å². The lowest BCUT2D eigenvalue weighted by Crippen LogP contribution is -2.30. The number of aromatic nitrogens is 4. The van der Waals surface area contributed by atoms with Crippen molar-refractivity contribution in [3.05, 3.63) is 47.2 Å². The second-order valence-corrected chi connectivity index (χ2v) is 6.16. The Hall–Kier alpha value is -3.40. The summed E-state index contributed by atoms with van der Waals surface area (Å²) in [5.74, 6) is 3.44. The van der Waals surface area contributed by atoms with Crippen LogP contribution in [0.5, 0.6) is 0 Å². The normalized spacial score (nSPS) is 13.1. The lowest BCUT2D eigenvalue weighted by molar-refractivity contribution is 0.0746. The molecule has 0 spiro atoms. The monoisotopic (exact) mass is 347 g/mol. The number of nitrogens with zero attached hydrogens (tertiary/aromatic N) is 5. The first-order valence-electron chi connectivity index (χ1n) is 8.39. The number of terminal acetylenes is 1. The van der Waals surface area contributed by atoms with E-state index in [1.807, 2.05) is 23.6 Å².